The summed E-state index contributed by atoms with van der Waals surface area (Å²) in [6.45, 7) is 3.15. The van der Waals surface area contributed by atoms with Gasteiger partial charge in [0.15, 0.2) is 0 Å². The maximum absolute atomic E-state index is 6.14. The molecule has 0 aliphatic heterocycles. The van der Waals surface area contributed by atoms with E-state index in [0.717, 1.165) is 18.8 Å². The molecule has 3 rings (SSSR count). The molecular weight excluding hydrogens is 258 g/mol. The molecule has 1 aromatic carbocycles. The van der Waals surface area contributed by atoms with Crippen molar-refractivity contribution in [3.63, 3.8) is 0 Å². The molecule has 100 valence electrons. The van der Waals surface area contributed by atoms with Crippen molar-refractivity contribution in [3.8, 4) is 0 Å². The van der Waals surface area contributed by atoms with Crippen LogP contribution in [-0.2, 0) is 6.54 Å². The standard InChI is InChI=1S/C15H18ClN3/c1-11(12-5-3-2-4-6-12)9-10-19-14(13-7-8-13)17-18-15(19)16/h2-6,11,13H,7-10H2,1H3. The summed E-state index contributed by atoms with van der Waals surface area (Å²) in [5, 5.41) is 8.75. The Morgan fingerprint density at radius 3 is 2.68 bits per heavy atom. The van der Waals surface area contributed by atoms with Crippen molar-refractivity contribution in [1.29, 1.82) is 0 Å². The predicted octanol–water partition coefficient (Wildman–Crippen LogP) is 4.00. The quantitative estimate of drug-likeness (QED) is 0.826. The van der Waals surface area contributed by atoms with Crippen molar-refractivity contribution in [3.05, 3.63) is 47.0 Å². The second kappa shape index (κ2) is 5.33. The van der Waals surface area contributed by atoms with E-state index in [0.29, 0.717) is 17.1 Å². The molecule has 1 heterocycles. The minimum Gasteiger partial charge on any atom is -0.302 e. The number of hydrogen-bond donors (Lipinski definition) is 0. The highest BCUT2D eigenvalue weighted by Gasteiger charge is 2.30. The van der Waals surface area contributed by atoms with Crippen LogP contribution in [0, 0.1) is 0 Å². The summed E-state index contributed by atoms with van der Waals surface area (Å²) in [5.74, 6) is 2.18. The zero-order chi connectivity index (χ0) is 13.2. The molecule has 4 heteroatoms. The van der Waals surface area contributed by atoms with Crippen molar-refractivity contribution in [2.45, 2.75) is 44.6 Å². The third-order valence-corrected chi connectivity index (χ3v) is 4.11. The van der Waals surface area contributed by atoms with E-state index >= 15 is 0 Å². The van der Waals surface area contributed by atoms with Gasteiger partial charge < -0.3 is 4.57 Å². The minimum atomic E-state index is 0.520. The Hall–Kier alpha value is -1.35. The lowest BCUT2D eigenvalue weighted by Crippen LogP contribution is -2.06. The molecule has 19 heavy (non-hydrogen) atoms. The Labute approximate surface area is 118 Å². The number of nitrogens with zero attached hydrogens (tertiary/aromatic N) is 3. The molecule has 0 amide bonds. The molecule has 0 N–H and O–H groups in total. The summed E-state index contributed by atoms with van der Waals surface area (Å²) in [6, 6.07) is 10.6. The van der Waals surface area contributed by atoms with Crippen LogP contribution >= 0.6 is 11.6 Å². The Balaban J connectivity index is 1.67. The molecule has 0 bridgehead atoms. The van der Waals surface area contributed by atoms with Crippen LogP contribution in [0.5, 0.6) is 0 Å². The fourth-order valence-corrected chi connectivity index (χ4v) is 2.63. The van der Waals surface area contributed by atoms with Crippen LogP contribution in [0.1, 0.15) is 49.4 Å². The zero-order valence-electron chi connectivity index (χ0n) is 11.1. The molecule has 1 fully saturated rings. The zero-order valence-corrected chi connectivity index (χ0v) is 11.8. The molecule has 1 aromatic heterocycles. The second-order valence-electron chi connectivity index (χ2n) is 5.35. The van der Waals surface area contributed by atoms with Gasteiger partial charge in [-0.25, -0.2) is 0 Å². The first-order chi connectivity index (χ1) is 9.25. The molecule has 3 nitrogen and oxygen atoms in total. The van der Waals surface area contributed by atoms with Crippen LogP contribution in [0.25, 0.3) is 0 Å². The van der Waals surface area contributed by atoms with Gasteiger partial charge in [-0.15, -0.1) is 10.2 Å². The highest BCUT2D eigenvalue weighted by Crippen LogP contribution is 2.39. The van der Waals surface area contributed by atoms with E-state index in [-0.39, 0.29) is 0 Å². The number of halogens is 1. The van der Waals surface area contributed by atoms with Gasteiger partial charge >= 0.3 is 0 Å². The summed E-state index contributed by atoms with van der Waals surface area (Å²) in [7, 11) is 0. The maximum Gasteiger partial charge on any atom is 0.225 e. The molecule has 0 saturated heterocycles. The summed E-state index contributed by atoms with van der Waals surface area (Å²) in [5.41, 5.74) is 1.37. The Bertz CT molecular complexity index is 546. The monoisotopic (exact) mass is 275 g/mol. The van der Waals surface area contributed by atoms with Crippen LogP contribution in [0.3, 0.4) is 0 Å². The normalized spacial score (nSPS) is 16.5. The van der Waals surface area contributed by atoms with E-state index < -0.39 is 0 Å². The van der Waals surface area contributed by atoms with Gasteiger partial charge in [0.2, 0.25) is 5.28 Å². The first-order valence-corrected chi connectivity index (χ1v) is 7.27. The summed E-state index contributed by atoms with van der Waals surface area (Å²) < 4.78 is 2.08. The second-order valence-corrected chi connectivity index (χ2v) is 5.69. The number of aromatic nitrogens is 3. The van der Waals surface area contributed by atoms with Crippen molar-refractivity contribution in [2.75, 3.05) is 0 Å². The lowest BCUT2D eigenvalue weighted by atomic mass is 9.98. The van der Waals surface area contributed by atoms with Crippen LogP contribution < -0.4 is 0 Å². The van der Waals surface area contributed by atoms with Crippen LogP contribution in [0.4, 0.5) is 0 Å². The average molecular weight is 276 g/mol. The summed E-state index contributed by atoms with van der Waals surface area (Å²) in [6.07, 6.45) is 3.51. The van der Waals surface area contributed by atoms with Gasteiger partial charge in [0.25, 0.3) is 0 Å². The van der Waals surface area contributed by atoms with Gasteiger partial charge in [-0.1, -0.05) is 37.3 Å². The predicted molar refractivity (Wildman–Crippen MR) is 76.5 cm³/mol. The number of benzene rings is 1. The van der Waals surface area contributed by atoms with Gasteiger partial charge in [0.1, 0.15) is 5.82 Å². The molecule has 1 atom stereocenters. The van der Waals surface area contributed by atoms with E-state index in [1.807, 2.05) is 0 Å². The third kappa shape index (κ3) is 2.81. The molecule has 0 radical (unpaired) electrons. The van der Waals surface area contributed by atoms with Gasteiger partial charge in [0, 0.05) is 12.5 Å². The molecule has 1 aliphatic carbocycles. The number of rotatable bonds is 5. The van der Waals surface area contributed by atoms with Gasteiger partial charge in [-0.05, 0) is 42.3 Å². The lowest BCUT2D eigenvalue weighted by Gasteiger charge is -2.13. The average Bonchev–Trinajstić information content (AvgIpc) is 3.22. The van der Waals surface area contributed by atoms with E-state index in [4.69, 9.17) is 11.6 Å². The highest BCUT2D eigenvalue weighted by molar-refractivity contribution is 6.28. The van der Waals surface area contributed by atoms with E-state index in [9.17, 15) is 0 Å². The Morgan fingerprint density at radius 1 is 1.26 bits per heavy atom. The minimum absolute atomic E-state index is 0.520. The molecule has 0 spiro atoms. The molecule has 1 aliphatic rings. The first kappa shape index (κ1) is 12.7. The fraction of sp³-hybridized carbons (Fsp3) is 0.467. The van der Waals surface area contributed by atoms with Gasteiger partial charge in [-0.2, -0.15) is 0 Å². The Kier molecular flexibility index (Phi) is 3.56. The smallest absolute Gasteiger partial charge is 0.225 e. The van der Waals surface area contributed by atoms with Gasteiger partial charge in [-0.3, -0.25) is 0 Å². The third-order valence-electron chi connectivity index (χ3n) is 3.83. The first-order valence-electron chi connectivity index (χ1n) is 6.89. The van der Waals surface area contributed by atoms with Crippen molar-refractivity contribution >= 4 is 11.6 Å². The SMILES string of the molecule is CC(CCn1c(Cl)nnc1C1CC1)c1ccccc1. The number of hydrogen-bond acceptors (Lipinski definition) is 2. The highest BCUT2D eigenvalue weighted by atomic mass is 35.5. The summed E-state index contributed by atoms with van der Waals surface area (Å²) >= 11 is 6.14. The molecular formula is C15H18ClN3. The van der Waals surface area contributed by atoms with Gasteiger partial charge in [0.05, 0.1) is 0 Å². The van der Waals surface area contributed by atoms with Crippen molar-refractivity contribution in [1.82, 2.24) is 14.8 Å². The van der Waals surface area contributed by atoms with Crippen LogP contribution in [-0.4, -0.2) is 14.8 Å². The largest absolute Gasteiger partial charge is 0.302 e. The summed E-state index contributed by atoms with van der Waals surface area (Å²) in [4.78, 5) is 0. The molecule has 1 saturated carbocycles. The topological polar surface area (TPSA) is 30.7 Å². The van der Waals surface area contributed by atoms with Crippen molar-refractivity contribution in [2.24, 2.45) is 0 Å². The lowest BCUT2D eigenvalue weighted by molar-refractivity contribution is 0.558. The molecule has 2 aromatic rings. The van der Waals surface area contributed by atoms with E-state index in [1.54, 1.807) is 0 Å². The maximum atomic E-state index is 6.14. The van der Waals surface area contributed by atoms with Crippen LogP contribution in [0.15, 0.2) is 30.3 Å². The Morgan fingerprint density at radius 2 is 2.00 bits per heavy atom. The van der Waals surface area contributed by atoms with E-state index in [1.165, 1.54) is 18.4 Å². The van der Waals surface area contributed by atoms with Crippen molar-refractivity contribution < 1.29 is 0 Å². The van der Waals surface area contributed by atoms with E-state index in [2.05, 4.69) is 52.0 Å². The van der Waals surface area contributed by atoms with Crippen LogP contribution in [0.2, 0.25) is 5.28 Å². The molecule has 1 unspecified atom stereocenters. The fourth-order valence-electron chi connectivity index (χ4n) is 2.42.